The number of likely N-dealkylation sites (tertiary alicyclic amines) is 1. The van der Waals surface area contributed by atoms with Crippen molar-refractivity contribution in [3.8, 4) is 6.01 Å². The summed E-state index contributed by atoms with van der Waals surface area (Å²) in [5.74, 6) is -1.46. The Balaban J connectivity index is 1.30. The van der Waals surface area contributed by atoms with Crippen LogP contribution in [0, 0.1) is 5.82 Å². The van der Waals surface area contributed by atoms with E-state index in [9.17, 15) is 18.0 Å². The number of alkyl halides is 2. The second kappa shape index (κ2) is 11.3. The fourth-order valence-corrected chi connectivity index (χ4v) is 5.92. The lowest BCUT2D eigenvalue weighted by Gasteiger charge is -2.37. The van der Waals surface area contributed by atoms with Crippen LogP contribution in [0.5, 0.6) is 6.01 Å². The van der Waals surface area contributed by atoms with Gasteiger partial charge < -0.3 is 10.1 Å². The van der Waals surface area contributed by atoms with Crippen molar-refractivity contribution in [1.82, 2.24) is 24.8 Å². The number of thiazole rings is 1. The van der Waals surface area contributed by atoms with E-state index in [-0.39, 0.29) is 28.9 Å². The molecule has 0 saturated carbocycles. The fourth-order valence-electron chi connectivity index (χ4n) is 4.74. The summed E-state index contributed by atoms with van der Waals surface area (Å²) in [7, 11) is 1.90. The predicted molar refractivity (Wildman–Crippen MR) is 139 cm³/mol. The van der Waals surface area contributed by atoms with E-state index in [1.54, 1.807) is 0 Å². The third kappa shape index (κ3) is 5.36. The van der Waals surface area contributed by atoms with Crippen LogP contribution < -0.4 is 10.1 Å². The molecule has 0 bridgehead atoms. The molecule has 1 saturated heterocycles. The van der Waals surface area contributed by atoms with Crippen LogP contribution in [0.2, 0.25) is 5.02 Å². The lowest BCUT2D eigenvalue weighted by atomic mass is 10.0. The predicted octanol–water partition coefficient (Wildman–Crippen LogP) is 5.77. The summed E-state index contributed by atoms with van der Waals surface area (Å²) in [6.45, 7) is 1.06. The highest BCUT2D eigenvalue weighted by molar-refractivity contribution is 7.09. The van der Waals surface area contributed by atoms with Crippen molar-refractivity contribution in [2.24, 2.45) is 7.05 Å². The first-order valence-electron chi connectivity index (χ1n) is 12.1. The Morgan fingerprint density at radius 1 is 1.21 bits per heavy atom. The molecule has 0 spiro atoms. The van der Waals surface area contributed by atoms with Crippen LogP contribution in [0.3, 0.4) is 0 Å². The summed E-state index contributed by atoms with van der Waals surface area (Å²) in [4.78, 5) is 23.6. The van der Waals surface area contributed by atoms with Crippen LogP contribution in [0.1, 0.15) is 46.2 Å². The van der Waals surface area contributed by atoms with E-state index in [0.29, 0.717) is 36.8 Å². The van der Waals surface area contributed by atoms with E-state index in [2.05, 4.69) is 15.3 Å². The summed E-state index contributed by atoms with van der Waals surface area (Å²) in [5.41, 5.74) is 2.60. The van der Waals surface area contributed by atoms with E-state index in [1.165, 1.54) is 17.6 Å². The van der Waals surface area contributed by atoms with Crippen molar-refractivity contribution in [1.29, 1.82) is 0 Å². The first kappa shape index (κ1) is 26.5. The second-order valence-electron chi connectivity index (χ2n) is 9.02. The van der Waals surface area contributed by atoms with Gasteiger partial charge in [-0.15, -0.1) is 11.3 Å². The van der Waals surface area contributed by atoms with Gasteiger partial charge in [0.05, 0.1) is 38.0 Å². The number of imidazole rings is 1. The highest BCUT2D eigenvalue weighted by Crippen LogP contribution is 2.35. The van der Waals surface area contributed by atoms with Crippen molar-refractivity contribution in [2.45, 2.75) is 31.4 Å². The van der Waals surface area contributed by atoms with Crippen molar-refractivity contribution >= 4 is 39.9 Å². The van der Waals surface area contributed by atoms with Crippen LogP contribution in [0.15, 0.2) is 48.0 Å². The Bertz CT molecular complexity index is 1420. The fraction of sp³-hybridized carbons (Fsp3) is 0.346. The number of hydrogen-bond donors (Lipinski definition) is 1. The van der Waals surface area contributed by atoms with Crippen molar-refractivity contribution in [3.05, 3.63) is 74.9 Å². The molecule has 200 valence electrons. The third-order valence-corrected chi connectivity index (χ3v) is 7.98. The molecule has 1 fully saturated rings. The standard InChI is InChI=1S/C26H25ClF3N5O2S/c1-34-19-8-3-2-7-18(19)33-26(34)37-15-9-11-35(12-10-15)20(23-22(24(29)30)32-14-38-23)13-31-25(36)21-16(27)5-4-6-17(21)28/h2-8,14-15,20,24H,9-13H2,1H3,(H,31,36). The second-order valence-corrected chi connectivity index (χ2v) is 10.3. The Morgan fingerprint density at radius 3 is 2.68 bits per heavy atom. The number of para-hydroxylation sites is 2. The van der Waals surface area contributed by atoms with Gasteiger partial charge in [0.1, 0.15) is 17.6 Å². The summed E-state index contributed by atoms with van der Waals surface area (Å²) >= 11 is 7.15. The molecule has 1 unspecified atom stereocenters. The Morgan fingerprint density at radius 2 is 1.97 bits per heavy atom. The van der Waals surface area contributed by atoms with Crippen LogP contribution in [-0.2, 0) is 7.05 Å². The zero-order valence-electron chi connectivity index (χ0n) is 20.4. The number of aromatic nitrogens is 3. The van der Waals surface area contributed by atoms with Gasteiger partial charge in [0.15, 0.2) is 0 Å². The molecule has 5 rings (SSSR count). The number of halogens is 4. The van der Waals surface area contributed by atoms with Gasteiger partial charge in [0.25, 0.3) is 18.3 Å². The zero-order chi connectivity index (χ0) is 26.8. The van der Waals surface area contributed by atoms with E-state index >= 15 is 0 Å². The van der Waals surface area contributed by atoms with Crippen LogP contribution in [0.25, 0.3) is 11.0 Å². The molecule has 0 radical (unpaired) electrons. The van der Waals surface area contributed by atoms with E-state index < -0.39 is 24.2 Å². The Kier molecular flexibility index (Phi) is 7.87. The highest BCUT2D eigenvalue weighted by atomic mass is 35.5. The topological polar surface area (TPSA) is 72.3 Å². The molecule has 1 amide bonds. The number of hydrogen-bond acceptors (Lipinski definition) is 6. The van der Waals surface area contributed by atoms with E-state index in [0.717, 1.165) is 28.4 Å². The smallest absolute Gasteiger partial charge is 0.297 e. The number of carbonyl (C=O) groups excluding carboxylic acids is 1. The monoisotopic (exact) mass is 563 g/mol. The zero-order valence-corrected chi connectivity index (χ0v) is 22.0. The summed E-state index contributed by atoms with van der Waals surface area (Å²) < 4.78 is 49.8. The Hall–Kier alpha value is -3.15. The summed E-state index contributed by atoms with van der Waals surface area (Å²) in [6.07, 6.45) is -1.59. The summed E-state index contributed by atoms with van der Waals surface area (Å²) in [5, 5.41) is 2.67. The molecule has 1 aliphatic heterocycles. The lowest BCUT2D eigenvalue weighted by Crippen LogP contribution is -2.44. The molecular formula is C26H25ClF3N5O2S. The molecule has 0 aliphatic carbocycles. The molecular weight excluding hydrogens is 539 g/mol. The third-order valence-electron chi connectivity index (χ3n) is 6.71. The number of rotatable bonds is 8. The number of ether oxygens (including phenoxy) is 1. The number of benzene rings is 2. The van der Waals surface area contributed by atoms with Gasteiger partial charge in [-0.1, -0.05) is 29.8 Å². The van der Waals surface area contributed by atoms with Crippen molar-refractivity contribution in [2.75, 3.05) is 19.6 Å². The molecule has 1 N–H and O–H groups in total. The SMILES string of the molecule is Cn1c(OC2CCN(C(CNC(=O)c3c(F)cccc3Cl)c3scnc3C(F)F)CC2)nc2ccccc21. The van der Waals surface area contributed by atoms with Crippen LogP contribution in [-0.4, -0.2) is 51.1 Å². The first-order chi connectivity index (χ1) is 18.3. The minimum atomic E-state index is -2.76. The number of amides is 1. The minimum absolute atomic E-state index is 0.0122. The van der Waals surface area contributed by atoms with Crippen LogP contribution >= 0.6 is 22.9 Å². The first-order valence-corrected chi connectivity index (χ1v) is 13.3. The Labute approximate surface area is 226 Å². The number of aryl methyl sites for hydroxylation is 1. The van der Waals surface area contributed by atoms with Gasteiger partial charge >= 0.3 is 0 Å². The molecule has 12 heteroatoms. The number of nitrogens with zero attached hydrogens (tertiary/aromatic N) is 4. The summed E-state index contributed by atoms with van der Waals surface area (Å²) in [6, 6.07) is 11.7. The van der Waals surface area contributed by atoms with Gasteiger partial charge in [-0.3, -0.25) is 14.3 Å². The molecule has 2 aromatic carbocycles. The van der Waals surface area contributed by atoms with Gasteiger partial charge in [0, 0.05) is 26.7 Å². The maximum absolute atomic E-state index is 14.3. The van der Waals surface area contributed by atoms with E-state index in [4.69, 9.17) is 16.3 Å². The number of nitrogens with one attached hydrogen (secondary N) is 1. The highest BCUT2D eigenvalue weighted by Gasteiger charge is 2.32. The number of fused-ring (bicyclic) bond motifs is 1. The van der Waals surface area contributed by atoms with Gasteiger partial charge in [0.2, 0.25) is 0 Å². The minimum Gasteiger partial charge on any atom is -0.461 e. The molecule has 7 nitrogen and oxygen atoms in total. The molecule has 1 atom stereocenters. The molecule has 1 aliphatic rings. The average Bonchev–Trinajstić information content (AvgIpc) is 3.50. The molecule has 38 heavy (non-hydrogen) atoms. The van der Waals surface area contributed by atoms with Crippen molar-refractivity contribution in [3.63, 3.8) is 0 Å². The lowest BCUT2D eigenvalue weighted by molar-refractivity contribution is 0.0644. The molecule has 4 aromatic rings. The van der Waals surface area contributed by atoms with E-state index in [1.807, 2.05) is 40.8 Å². The largest absolute Gasteiger partial charge is 0.461 e. The normalized spacial score (nSPS) is 15.7. The molecule has 2 aromatic heterocycles. The van der Waals surface area contributed by atoms with Crippen molar-refractivity contribution < 1.29 is 22.7 Å². The van der Waals surface area contributed by atoms with Gasteiger partial charge in [-0.25, -0.2) is 18.2 Å². The van der Waals surface area contributed by atoms with Gasteiger partial charge in [-0.2, -0.15) is 4.98 Å². The number of carbonyl (C=O) groups is 1. The molecule has 3 heterocycles. The number of piperidine rings is 1. The van der Waals surface area contributed by atoms with Crippen LogP contribution in [0.4, 0.5) is 13.2 Å². The average molecular weight is 564 g/mol. The van der Waals surface area contributed by atoms with Gasteiger partial charge in [-0.05, 0) is 37.1 Å². The maximum atomic E-state index is 14.3. The quantitative estimate of drug-likeness (QED) is 0.294. The maximum Gasteiger partial charge on any atom is 0.297 e.